The molecule has 1 aromatic rings. The van der Waals surface area contributed by atoms with E-state index in [1.807, 2.05) is 23.1 Å². The highest BCUT2D eigenvalue weighted by Gasteiger charge is 2.20. The van der Waals surface area contributed by atoms with Crippen molar-refractivity contribution in [2.24, 2.45) is 4.99 Å². The minimum Gasteiger partial charge on any atom is -0.383 e. The second kappa shape index (κ2) is 10.6. The van der Waals surface area contributed by atoms with Crippen molar-refractivity contribution in [3.05, 3.63) is 30.3 Å². The summed E-state index contributed by atoms with van der Waals surface area (Å²) in [6.45, 7) is 5.18. The van der Waals surface area contributed by atoms with Crippen molar-refractivity contribution in [1.29, 1.82) is 0 Å². The lowest BCUT2D eigenvalue weighted by atomic mass is 10.2. The van der Waals surface area contributed by atoms with Crippen LogP contribution >= 0.6 is 0 Å². The van der Waals surface area contributed by atoms with Gasteiger partial charge in [-0.2, -0.15) is 0 Å². The van der Waals surface area contributed by atoms with Crippen molar-refractivity contribution in [3.63, 3.8) is 0 Å². The van der Waals surface area contributed by atoms with Crippen LogP contribution in [0.4, 0.5) is 5.69 Å². The number of hydrogen-bond acceptors (Lipinski definition) is 4. The summed E-state index contributed by atoms with van der Waals surface area (Å²) in [5.41, 5.74) is 1.22. The van der Waals surface area contributed by atoms with Crippen LogP contribution in [0.2, 0.25) is 0 Å². The summed E-state index contributed by atoms with van der Waals surface area (Å²) >= 11 is 0. The van der Waals surface area contributed by atoms with E-state index in [1.54, 1.807) is 14.2 Å². The Morgan fingerprint density at radius 2 is 1.80 bits per heavy atom. The molecule has 0 bridgehead atoms. The molecule has 7 nitrogen and oxygen atoms in total. The van der Waals surface area contributed by atoms with Gasteiger partial charge in [0.05, 0.1) is 6.61 Å². The predicted octanol–water partition coefficient (Wildman–Crippen LogP) is 0.537. The zero-order chi connectivity index (χ0) is 17.9. The van der Waals surface area contributed by atoms with Gasteiger partial charge in [-0.15, -0.1) is 0 Å². The van der Waals surface area contributed by atoms with Crippen LogP contribution in [-0.2, 0) is 9.53 Å². The lowest BCUT2D eigenvalue weighted by molar-refractivity contribution is -0.131. The number of rotatable bonds is 7. The lowest BCUT2D eigenvalue weighted by Crippen LogP contribution is -2.49. The average molecular weight is 347 g/mol. The summed E-state index contributed by atoms with van der Waals surface area (Å²) in [6, 6.07) is 10.3. The van der Waals surface area contributed by atoms with Crippen molar-refractivity contribution in [2.45, 2.75) is 6.42 Å². The highest BCUT2D eigenvalue weighted by Crippen LogP contribution is 2.15. The summed E-state index contributed by atoms with van der Waals surface area (Å²) in [5, 5.41) is 6.29. The largest absolute Gasteiger partial charge is 0.383 e. The molecular formula is C18H29N5O2. The van der Waals surface area contributed by atoms with Crippen LogP contribution in [0.1, 0.15) is 6.42 Å². The molecule has 1 aliphatic heterocycles. The fourth-order valence-electron chi connectivity index (χ4n) is 2.79. The molecule has 0 aliphatic carbocycles. The maximum Gasteiger partial charge on any atom is 0.224 e. The monoisotopic (exact) mass is 347 g/mol. The van der Waals surface area contributed by atoms with E-state index in [4.69, 9.17) is 4.74 Å². The molecule has 138 valence electrons. The third-order valence-electron chi connectivity index (χ3n) is 4.21. The van der Waals surface area contributed by atoms with E-state index < -0.39 is 0 Å². The van der Waals surface area contributed by atoms with E-state index in [9.17, 15) is 4.79 Å². The fourth-order valence-corrected chi connectivity index (χ4v) is 2.79. The first-order valence-corrected chi connectivity index (χ1v) is 8.76. The van der Waals surface area contributed by atoms with E-state index in [2.05, 4.69) is 32.7 Å². The van der Waals surface area contributed by atoms with Crippen molar-refractivity contribution in [1.82, 2.24) is 15.5 Å². The number of amides is 1. The maximum atomic E-state index is 12.4. The summed E-state index contributed by atoms with van der Waals surface area (Å²) in [5.74, 6) is 0.881. The number of ether oxygens (including phenoxy) is 1. The molecule has 0 saturated carbocycles. The number of anilines is 1. The number of guanidine groups is 1. The van der Waals surface area contributed by atoms with Crippen molar-refractivity contribution in [3.8, 4) is 0 Å². The normalized spacial score (nSPS) is 15.2. The number of para-hydroxylation sites is 1. The Morgan fingerprint density at radius 3 is 2.44 bits per heavy atom. The van der Waals surface area contributed by atoms with Gasteiger partial charge in [0.1, 0.15) is 0 Å². The molecular weight excluding hydrogens is 318 g/mol. The smallest absolute Gasteiger partial charge is 0.224 e. The Hall–Kier alpha value is -2.28. The van der Waals surface area contributed by atoms with Crippen LogP contribution in [0.3, 0.4) is 0 Å². The van der Waals surface area contributed by atoms with E-state index in [-0.39, 0.29) is 5.91 Å². The Labute approximate surface area is 150 Å². The molecule has 0 radical (unpaired) electrons. The Balaban J connectivity index is 1.67. The van der Waals surface area contributed by atoms with Gasteiger partial charge in [0.25, 0.3) is 0 Å². The Morgan fingerprint density at radius 1 is 1.12 bits per heavy atom. The zero-order valence-electron chi connectivity index (χ0n) is 15.2. The predicted molar refractivity (Wildman–Crippen MR) is 101 cm³/mol. The number of methoxy groups -OCH3 is 1. The molecule has 0 unspecified atom stereocenters. The summed E-state index contributed by atoms with van der Waals surface area (Å²) in [6.07, 6.45) is 0.469. The molecule has 0 spiro atoms. The van der Waals surface area contributed by atoms with Gasteiger partial charge in [0.2, 0.25) is 5.91 Å². The average Bonchev–Trinajstić information content (AvgIpc) is 2.67. The zero-order valence-corrected chi connectivity index (χ0v) is 15.2. The first kappa shape index (κ1) is 19.1. The van der Waals surface area contributed by atoms with Gasteiger partial charge in [-0.3, -0.25) is 9.79 Å². The molecule has 25 heavy (non-hydrogen) atoms. The second-order valence-electron chi connectivity index (χ2n) is 5.87. The van der Waals surface area contributed by atoms with E-state index >= 15 is 0 Å². The number of nitrogens with zero attached hydrogens (tertiary/aromatic N) is 3. The van der Waals surface area contributed by atoms with Crippen LogP contribution in [0.5, 0.6) is 0 Å². The molecule has 2 N–H and O–H groups in total. The molecule has 7 heteroatoms. The van der Waals surface area contributed by atoms with Crippen molar-refractivity contribution in [2.75, 3.05) is 64.9 Å². The summed E-state index contributed by atoms with van der Waals surface area (Å²) in [4.78, 5) is 20.7. The number of carbonyl (C=O) groups is 1. The third kappa shape index (κ3) is 6.26. The topological polar surface area (TPSA) is 69.2 Å². The molecule has 0 atom stereocenters. The molecule has 2 rings (SSSR count). The molecule has 1 heterocycles. The second-order valence-corrected chi connectivity index (χ2v) is 5.87. The van der Waals surface area contributed by atoms with Gasteiger partial charge >= 0.3 is 0 Å². The molecule has 1 saturated heterocycles. The van der Waals surface area contributed by atoms with Crippen molar-refractivity contribution < 1.29 is 9.53 Å². The van der Waals surface area contributed by atoms with E-state index in [0.29, 0.717) is 32.1 Å². The highest BCUT2D eigenvalue weighted by molar-refractivity contribution is 5.81. The van der Waals surface area contributed by atoms with Gasteiger partial charge < -0.3 is 25.2 Å². The summed E-state index contributed by atoms with van der Waals surface area (Å²) in [7, 11) is 3.38. The van der Waals surface area contributed by atoms with Gasteiger partial charge in [-0.1, -0.05) is 18.2 Å². The number of aliphatic imine (C=N–C) groups is 1. The Kier molecular flexibility index (Phi) is 8.04. The van der Waals surface area contributed by atoms with Crippen LogP contribution < -0.4 is 15.5 Å². The summed E-state index contributed by atoms with van der Waals surface area (Å²) < 4.78 is 4.99. The lowest BCUT2D eigenvalue weighted by Gasteiger charge is -2.36. The maximum absolute atomic E-state index is 12.4. The Bertz CT molecular complexity index is 542. The van der Waals surface area contributed by atoms with Crippen LogP contribution in [0, 0.1) is 0 Å². The fraction of sp³-hybridized carbons (Fsp3) is 0.556. The quantitative estimate of drug-likeness (QED) is 0.428. The van der Waals surface area contributed by atoms with Gasteiger partial charge in [0, 0.05) is 65.5 Å². The van der Waals surface area contributed by atoms with E-state index in [0.717, 1.165) is 26.2 Å². The SMILES string of the molecule is CN=C(NCCOC)NCCC(=O)N1CCN(c2ccccc2)CC1. The van der Waals surface area contributed by atoms with Gasteiger partial charge in [-0.05, 0) is 12.1 Å². The van der Waals surface area contributed by atoms with Crippen molar-refractivity contribution >= 4 is 17.6 Å². The number of piperazine rings is 1. The highest BCUT2D eigenvalue weighted by atomic mass is 16.5. The number of carbonyl (C=O) groups excluding carboxylic acids is 1. The van der Waals surface area contributed by atoms with Crippen LogP contribution in [0.25, 0.3) is 0 Å². The number of nitrogens with one attached hydrogen (secondary N) is 2. The molecule has 1 aromatic carbocycles. The minimum atomic E-state index is 0.188. The van der Waals surface area contributed by atoms with Gasteiger partial charge in [0.15, 0.2) is 5.96 Å². The van der Waals surface area contributed by atoms with Crippen LogP contribution in [-0.4, -0.2) is 76.8 Å². The number of benzene rings is 1. The first-order chi connectivity index (χ1) is 12.2. The van der Waals surface area contributed by atoms with Crippen LogP contribution in [0.15, 0.2) is 35.3 Å². The molecule has 0 aromatic heterocycles. The molecule has 1 fully saturated rings. The molecule has 1 aliphatic rings. The van der Waals surface area contributed by atoms with E-state index in [1.165, 1.54) is 5.69 Å². The van der Waals surface area contributed by atoms with Gasteiger partial charge in [-0.25, -0.2) is 0 Å². The first-order valence-electron chi connectivity index (χ1n) is 8.76. The standard InChI is InChI=1S/C18H29N5O2/c1-19-18(21-10-15-25-2)20-9-8-17(24)23-13-11-22(12-14-23)16-6-4-3-5-7-16/h3-7H,8-15H2,1-2H3,(H2,19,20,21). The number of hydrogen-bond donors (Lipinski definition) is 2. The molecule has 1 amide bonds. The minimum absolute atomic E-state index is 0.188. The third-order valence-corrected chi connectivity index (χ3v) is 4.21.